The van der Waals surface area contributed by atoms with Crippen LogP contribution in [0.25, 0.3) is 33.1 Å². The summed E-state index contributed by atoms with van der Waals surface area (Å²) < 4.78 is 6.19. The van der Waals surface area contributed by atoms with Gasteiger partial charge in [-0.3, -0.25) is 0 Å². The summed E-state index contributed by atoms with van der Waals surface area (Å²) in [5, 5.41) is 2.35. The minimum atomic E-state index is 0.920. The molecule has 0 unspecified atom stereocenters. The van der Waals surface area contributed by atoms with Crippen LogP contribution in [0.15, 0.2) is 101 Å². The lowest BCUT2D eigenvalue weighted by molar-refractivity contribution is 0.668. The minimum Gasteiger partial charge on any atom is -0.456 e. The van der Waals surface area contributed by atoms with Crippen LogP contribution in [-0.4, -0.2) is 0 Å². The van der Waals surface area contributed by atoms with E-state index in [0.717, 1.165) is 17.6 Å². The van der Waals surface area contributed by atoms with Gasteiger partial charge in [0.1, 0.15) is 11.2 Å². The third kappa shape index (κ3) is 2.68. The maximum atomic E-state index is 6.19. The van der Waals surface area contributed by atoms with Gasteiger partial charge in [0.15, 0.2) is 0 Å². The summed E-state index contributed by atoms with van der Waals surface area (Å²) in [6, 6.07) is 34.0. The van der Waals surface area contributed by atoms with Gasteiger partial charge in [0, 0.05) is 10.8 Å². The summed E-state index contributed by atoms with van der Waals surface area (Å²) in [6.45, 7) is 0. The number of furan rings is 1. The van der Waals surface area contributed by atoms with Crippen LogP contribution >= 0.6 is 0 Å². The quantitative estimate of drug-likeness (QED) is 0.352. The Kier molecular flexibility index (Phi) is 3.57. The SMILES string of the molecule is c1ccc(Cc2ccc3c(c2)oc2cc(-c4ccccc4)ccc23)cc1. The highest BCUT2D eigenvalue weighted by Crippen LogP contribution is 2.33. The van der Waals surface area contributed by atoms with E-state index in [0.29, 0.717) is 0 Å². The Labute approximate surface area is 152 Å². The molecular formula is C25H18O. The number of fused-ring (bicyclic) bond motifs is 3. The van der Waals surface area contributed by atoms with Crippen LogP contribution in [-0.2, 0) is 6.42 Å². The summed E-state index contributed by atoms with van der Waals surface area (Å²) in [5.74, 6) is 0. The summed E-state index contributed by atoms with van der Waals surface area (Å²) in [5.41, 5.74) is 6.87. The predicted molar refractivity (Wildman–Crippen MR) is 108 cm³/mol. The zero-order valence-corrected chi connectivity index (χ0v) is 14.4. The summed E-state index contributed by atoms with van der Waals surface area (Å²) >= 11 is 0. The molecule has 0 saturated heterocycles. The molecule has 0 radical (unpaired) electrons. The van der Waals surface area contributed by atoms with Crippen molar-refractivity contribution in [3.8, 4) is 11.1 Å². The molecule has 0 atom stereocenters. The second-order valence-electron chi connectivity index (χ2n) is 6.67. The standard InChI is InChI=1S/C25H18O/c1-3-7-18(8-4-1)15-19-11-13-22-23-14-12-21(20-9-5-2-6-10-20)17-25(23)26-24(22)16-19/h1-14,16-17H,15H2. The van der Waals surface area contributed by atoms with Crippen LogP contribution in [0, 0.1) is 0 Å². The first kappa shape index (κ1) is 15.0. The summed E-state index contributed by atoms with van der Waals surface area (Å²) in [4.78, 5) is 0. The molecule has 0 aliphatic heterocycles. The predicted octanol–water partition coefficient (Wildman–Crippen LogP) is 6.84. The Hall–Kier alpha value is -3.32. The van der Waals surface area contributed by atoms with Crippen LogP contribution in [0.5, 0.6) is 0 Å². The molecular weight excluding hydrogens is 316 g/mol. The van der Waals surface area contributed by atoms with Gasteiger partial charge in [0.2, 0.25) is 0 Å². The van der Waals surface area contributed by atoms with Gasteiger partial charge in [-0.1, -0.05) is 78.9 Å². The van der Waals surface area contributed by atoms with E-state index < -0.39 is 0 Å². The van der Waals surface area contributed by atoms with Gasteiger partial charge in [-0.05, 0) is 46.9 Å². The molecule has 0 amide bonds. The molecule has 1 heterocycles. The van der Waals surface area contributed by atoms with Crippen molar-refractivity contribution < 1.29 is 4.42 Å². The molecule has 4 aromatic carbocycles. The lowest BCUT2D eigenvalue weighted by Crippen LogP contribution is -1.86. The fraction of sp³-hybridized carbons (Fsp3) is 0.0400. The molecule has 5 aromatic rings. The third-order valence-electron chi connectivity index (χ3n) is 4.90. The van der Waals surface area contributed by atoms with Crippen molar-refractivity contribution in [3.05, 3.63) is 108 Å². The molecule has 0 bridgehead atoms. The van der Waals surface area contributed by atoms with Crippen LogP contribution in [0.3, 0.4) is 0 Å². The first-order chi connectivity index (χ1) is 12.9. The van der Waals surface area contributed by atoms with Crippen molar-refractivity contribution in [3.63, 3.8) is 0 Å². The average Bonchev–Trinajstić information content (AvgIpc) is 3.06. The largest absolute Gasteiger partial charge is 0.456 e. The van der Waals surface area contributed by atoms with Gasteiger partial charge in [-0.15, -0.1) is 0 Å². The lowest BCUT2D eigenvalue weighted by Gasteiger charge is -2.01. The molecule has 1 heteroatoms. The molecule has 124 valence electrons. The van der Waals surface area contributed by atoms with Crippen LogP contribution < -0.4 is 0 Å². The van der Waals surface area contributed by atoms with Gasteiger partial charge < -0.3 is 4.42 Å². The first-order valence-corrected chi connectivity index (χ1v) is 8.91. The van der Waals surface area contributed by atoms with Crippen LogP contribution in [0.1, 0.15) is 11.1 Å². The lowest BCUT2D eigenvalue weighted by atomic mass is 10.0. The molecule has 0 saturated carbocycles. The zero-order valence-electron chi connectivity index (χ0n) is 14.4. The number of benzene rings is 4. The van der Waals surface area contributed by atoms with E-state index in [4.69, 9.17) is 4.42 Å². The van der Waals surface area contributed by atoms with E-state index in [2.05, 4.69) is 91.0 Å². The monoisotopic (exact) mass is 334 g/mol. The molecule has 0 aliphatic rings. The fourth-order valence-corrected chi connectivity index (χ4v) is 3.57. The second-order valence-corrected chi connectivity index (χ2v) is 6.67. The zero-order chi connectivity index (χ0) is 17.3. The molecule has 26 heavy (non-hydrogen) atoms. The molecule has 1 nitrogen and oxygen atoms in total. The molecule has 0 fully saturated rings. The van der Waals surface area contributed by atoms with E-state index in [9.17, 15) is 0 Å². The first-order valence-electron chi connectivity index (χ1n) is 8.91. The van der Waals surface area contributed by atoms with Gasteiger partial charge in [0.25, 0.3) is 0 Å². The summed E-state index contributed by atoms with van der Waals surface area (Å²) in [6.07, 6.45) is 0.920. The molecule has 0 spiro atoms. The molecule has 5 rings (SSSR count). The Morgan fingerprint density at radius 1 is 0.500 bits per heavy atom. The van der Waals surface area contributed by atoms with Gasteiger partial charge in [-0.25, -0.2) is 0 Å². The molecule has 0 aliphatic carbocycles. The normalized spacial score (nSPS) is 11.2. The number of hydrogen-bond acceptors (Lipinski definition) is 1. The van der Waals surface area contributed by atoms with E-state index >= 15 is 0 Å². The number of hydrogen-bond donors (Lipinski definition) is 0. The maximum Gasteiger partial charge on any atom is 0.136 e. The van der Waals surface area contributed by atoms with Gasteiger partial charge in [-0.2, -0.15) is 0 Å². The van der Waals surface area contributed by atoms with Crippen LogP contribution in [0.2, 0.25) is 0 Å². The summed E-state index contributed by atoms with van der Waals surface area (Å²) in [7, 11) is 0. The van der Waals surface area contributed by atoms with Crippen molar-refractivity contribution >= 4 is 21.9 Å². The smallest absolute Gasteiger partial charge is 0.136 e. The van der Waals surface area contributed by atoms with Crippen molar-refractivity contribution in [2.75, 3.05) is 0 Å². The Morgan fingerprint density at radius 2 is 1.15 bits per heavy atom. The van der Waals surface area contributed by atoms with E-state index in [1.54, 1.807) is 0 Å². The van der Waals surface area contributed by atoms with Gasteiger partial charge in [0.05, 0.1) is 0 Å². The topological polar surface area (TPSA) is 13.1 Å². The van der Waals surface area contributed by atoms with Crippen LogP contribution in [0.4, 0.5) is 0 Å². The van der Waals surface area contributed by atoms with Crippen molar-refractivity contribution in [1.29, 1.82) is 0 Å². The van der Waals surface area contributed by atoms with Gasteiger partial charge >= 0.3 is 0 Å². The van der Waals surface area contributed by atoms with E-state index in [1.807, 2.05) is 6.07 Å². The molecule has 0 N–H and O–H groups in total. The third-order valence-corrected chi connectivity index (χ3v) is 4.90. The Bertz CT molecular complexity index is 1180. The van der Waals surface area contributed by atoms with E-state index in [1.165, 1.54) is 33.0 Å². The van der Waals surface area contributed by atoms with Crippen molar-refractivity contribution in [2.45, 2.75) is 6.42 Å². The Morgan fingerprint density at radius 3 is 1.92 bits per heavy atom. The minimum absolute atomic E-state index is 0.920. The fourth-order valence-electron chi connectivity index (χ4n) is 3.57. The number of rotatable bonds is 3. The van der Waals surface area contributed by atoms with E-state index in [-0.39, 0.29) is 0 Å². The van der Waals surface area contributed by atoms with Crippen molar-refractivity contribution in [1.82, 2.24) is 0 Å². The molecule has 1 aromatic heterocycles. The van der Waals surface area contributed by atoms with Crippen molar-refractivity contribution in [2.24, 2.45) is 0 Å². The maximum absolute atomic E-state index is 6.19. The average molecular weight is 334 g/mol. The second kappa shape index (κ2) is 6.20. The highest BCUT2D eigenvalue weighted by Gasteiger charge is 2.09. The highest BCUT2D eigenvalue weighted by molar-refractivity contribution is 6.06. The highest BCUT2D eigenvalue weighted by atomic mass is 16.3. The Balaban J connectivity index is 1.57.